The van der Waals surface area contributed by atoms with E-state index in [1.807, 2.05) is 30.3 Å². The van der Waals surface area contributed by atoms with Crippen molar-refractivity contribution in [3.05, 3.63) is 41.7 Å². The lowest BCUT2D eigenvalue weighted by Crippen LogP contribution is -2.24. The Morgan fingerprint density at radius 3 is 2.48 bits per heavy atom. The van der Waals surface area contributed by atoms with Crippen molar-refractivity contribution in [3.63, 3.8) is 0 Å². The third-order valence-electron chi connectivity index (χ3n) is 3.03. The van der Waals surface area contributed by atoms with Gasteiger partial charge in [0.1, 0.15) is 18.1 Å². The molecule has 0 saturated heterocycles. The fourth-order valence-electron chi connectivity index (χ4n) is 2.11. The number of hydrogen-bond donors (Lipinski definition) is 0. The highest BCUT2D eigenvalue weighted by Gasteiger charge is 2.24. The van der Waals surface area contributed by atoms with E-state index in [4.69, 9.17) is 9.26 Å². The van der Waals surface area contributed by atoms with Crippen LogP contribution in [0.25, 0.3) is 11.3 Å². The van der Waals surface area contributed by atoms with Crippen LogP contribution in [0.15, 0.2) is 34.9 Å². The summed E-state index contributed by atoms with van der Waals surface area (Å²) in [7, 11) is -1.35. The van der Waals surface area contributed by atoms with Crippen LogP contribution in [-0.4, -0.2) is 19.2 Å². The number of ether oxygens (including phenoxy) is 1. The number of aromatic nitrogens is 1. The molecule has 0 amide bonds. The van der Waals surface area contributed by atoms with Crippen LogP contribution in [-0.2, 0) is 22.2 Å². The molecule has 2 rings (SSSR count). The van der Waals surface area contributed by atoms with Gasteiger partial charge in [0, 0.05) is 18.5 Å². The first kappa shape index (κ1) is 15.5. The number of hydrogen-bond acceptors (Lipinski definition) is 4. The molecule has 2 aromatic rings. The topological polar surface area (TPSA) is 52.3 Å². The lowest BCUT2D eigenvalue weighted by atomic mass is 10.1. The van der Waals surface area contributed by atoms with E-state index in [1.165, 1.54) is 6.92 Å². The van der Waals surface area contributed by atoms with Gasteiger partial charge in [-0.1, -0.05) is 55.1 Å². The van der Waals surface area contributed by atoms with E-state index in [0.717, 1.165) is 28.6 Å². The monoisotopic (exact) mass is 303 g/mol. The number of carbonyl (C=O) groups is 1. The quantitative estimate of drug-likeness (QED) is 0.622. The largest absolute Gasteiger partial charge is 0.461 e. The second kappa shape index (κ2) is 6.26. The maximum atomic E-state index is 11.1. The lowest BCUT2D eigenvalue weighted by molar-refractivity contribution is -0.142. The van der Waals surface area contributed by atoms with Crippen LogP contribution in [0.2, 0.25) is 19.6 Å². The van der Waals surface area contributed by atoms with Gasteiger partial charge in [-0.15, -0.1) is 0 Å². The van der Waals surface area contributed by atoms with E-state index >= 15 is 0 Å². The summed E-state index contributed by atoms with van der Waals surface area (Å²) < 4.78 is 10.7. The molecule has 1 aromatic heterocycles. The van der Waals surface area contributed by atoms with Crippen LogP contribution in [0.3, 0.4) is 0 Å². The molecule has 0 fully saturated rings. The van der Waals surface area contributed by atoms with Gasteiger partial charge in [-0.05, 0) is 0 Å². The highest BCUT2D eigenvalue weighted by atomic mass is 28.3. The predicted molar refractivity (Wildman–Crippen MR) is 84.5 cm³/mol. The zero-order valence-electron chi connectivity index (χ0n) is 13.0. The summed E-state index contributed by atoms with van der Waals surface area (Å²) in [6.07, 6.45) is 0. The Balaban J connectivity index is 2.38. The van der Waals surface area contributed by atoms with E-state index in [9.17, 15) is 4.79 Å². The minimum atomic E-state index is -1.35. The molecule has 0 bridgehead atoms. The van der Waals surface area contributed by atoms with Gasteiger partial charge in [0.2, 0.25) is 0 Å². The first-order valence-electron chi connectivity index (χ1n) is 7.03. The zero-order valence-corrected chi connectivity index (χ0v) is 14.0. The van der Waals surface area contributed by atoms with Gasteiger partial charge < -0.3 is 9.26 Å². The van der Waals surface area contributed by atoms with Crippen LogP contribution < -0.4 is 0 Å². The maximum absolute atomic E-state index is 11.1. The number of rotatable bonds is 5. The molecule has 0 atom stereocenters. The Hall–Kier alpha value is -1.88. The van der Waals surface area contributed by atoms with Crippen LogP contribution in [0.5, 0.6) is 0 Å². The molecule has 0 aliphatic heterocycles. The Labute approximate surface area is 126 Å². The van der Waals surface area contributed by atoms with E-state index in [2.05, 4.69) is 24.8 Å². The Morgan fingerprint density at radius 1 is 1.24 bits per heavy atom. The molecule has 0 radical (unpaired) electrons. The zero-order chi connectivity index (χ0) is 15.5. The van der Waals surface area contributed by atoms with Crippen molar-refractivity contribution < 1.29 is 14.1 Å². The van der Waals surface area contributed by atoms with E-state index < -0.39 is 8.07 Å². The Kier molecular flexibility index (Phi) is 4.62. The summed E-state index contributed by atoms with van der Waals surface area (Å²) in [6.45, 7) is 8.44. The van der Waals surface area contributed by atoms with Gasteiger partial charge in [-0.3, -0.25) is 4.79 Å². The maximum Gasteiger partial charge on any atom is 0.302 e. The van der Waals surface area contributed by atoms with Crippen molar-refractivity contribution >= 4 is 14.0 Å². The summed E-state index contributed by atoms with van der Waals surface area (Å²) in [5, 5.41) is 4.20. The van der Waals surface area contributed by atoms with Crippen molar-refractivity contribution in [1.29, 1.82) is 0 Å². The van der Waals surface area contributed by atoms with Gasteiger partial charge in [0.15, 0.2) is 0 Å². The second-order valence-electron chi connectivity index (χ2n) is 6.32. The smallest absolute Gasteiger partial charge is 0.302 e. The molecule has 21 heavy (non-hydrogen) atoms. The Morgan fingerprint density at radius 2 is 1.90 bits per heavy atom. The number of carbonyl (C=O) groups excluding carboxylic acids is 1. The average molecular weight is 303 g/mol. The highest BCUT2D eigenvalue weighted by Crippen LogP contribution is 2.28. The van der Waals surface area contributed by atoms with E-state index in [-0.39, 0.29) is 12.6 Å². The first-order chi connectivity index (χ1) is 9.87. The minimum absolute atomic E-state index is 0.211. The van der Waals surface area contributed by atoms with Gasteiger partial charge >= 0.3 is 5.97 Å². The fraction of sp³-hybridized carbons (Fsp3) is 0.375. The van der Waals surface area contributed by atoms with Gasteiger partial charge in [0.25, 0.3) is 0 Å². The SMILES string of the molecule is CC(=O)OCc1c(-c2ccccc2)noc1C[Si](C)(C)C. The van der Waals surface area contributed by atoms with Crippen molar-refractivity contribution in [2.75, 3.05) is 0 Å². The van der Waals surface area contributed by atoms with E-state index in [1.54, 1.807) is 0 Å². The van der Waals surface area contributed by atoms with Crippen LogP contribution in [0.4, 0.5) is 0 Å². The first-order valence-corrected chi connectivity index (χ1v) is 10.7. The highest BCUT2D eigenvalue weighted by molar-refractivity contribution is 6.75. The predicted octanol–water partition coefficient (Wildman–Crippen LogP) is 3.82. The molecule has 0 saturated carbocycles. The molecular formula is C16H21NO3Si. The molecule has 0 unspecified atom stereocenters. The number of nitrogens with zero attached hydrogens (tertiary/aromatic N) is 1. The third-order valence-corrected chi connectivity index (χ3v) is 4.41. The summed E-state index contributed by atoms with van der Waals surface area (Å²) >= 11 is 0. The van der Waals surface area contributed by atoms with Gasteiger partial charge in [-0.25, -0.2) is 0 Å². The van der Waals surface area contributed by atoms with Crippen molar-refractivity contribution in [2.45, 2.75) is 39.2 Å². The van der Waals surface area contributed by atoms with Crippen LogP contribution >= 0.6 is 0 Å². The van der Waals surface area contributed by atoms with Crippen molar-refractivity contribution in [3.8, 4) is 11.3 Å². The third kappa shape index (κ3) is 4.29. The molecule has 0 N–H and O–H groups in total. The number of esters is 1. The molecule has 0 aliphatic carbocycles. The summed E-state index contributed by atoms with van der Waals surface area (Å²) in [4.78, 5) is 11.1. The average Bonchev–Trinajstić information content (AvgIpc) is 2.78. The van der Waals surface area contributed by atoms with Crippen LogP contribution in [0, 0.1) is 0 Å². The number of benzene rings is 1. The molecule has 0 aliphatic rings. The molecule has 112 valence electrons. The van der Waals surface area contributed by atoms with Crippen molar-refractivity contribution in [1.82, 2.24) is 5.16 Å². The summed E-state index contributed by atoms with van der Waals surface area (Å²) in [5.74, 6) is 0.545. The second-order valence-corrected chi connectivity index (χ2v) is 11.8. The molecule has 4 nitrogen and oxygen atoms in total. The van der Waals surface area contributed by atoms with Gasteiger partial charge in [0.05, 0.1) is 13.6 Å². The summed E-state index contributed by atoms with van der Waals surface area (Å²) in [5.41, 5.74) is 2.63. The normalized spacial score (nSPS) is 11.4. The molecular weight excluding hydrogens is 282 g/mol. The van der Waals surface area contributed by atoms with Gasteiger partial charge in [-0.2, -0.15) is 0 Å². The fourth-order valence-corrected chi connectivity index (χ4v) is 3.35. The molecule has 5 heteroatoms. The minimum Gasteiger partial charge on any atom is -0.461 e. The molecule has 1 heterocycles. The van der Waals surface area contributed by atoms with Crippen LogP contribution in [0.1, 0.15) is 18.2 Å². The molecule has 0 spiro atoms. The Bertz CT molecular complexity index is 614. The van der Waals surface area contributed by atoms with Crippen molar-refractivity contribution in [2.24, 2.45) is 0 Å². The standard InChI is InChI=1S/C16H21NO3Si/c1-12(18)19-10-14-15(11-21(2,3)4)20-17-16(14)13-8-6-5-7-9-13/h5-9H,10-11H2,1-4H3. The summed E-state index contributed by atoms with van der Waals surface area (Å²) in [6, 6.07) is 10.7. The molecule has 1 aromatic carbocycles. The lowest BCUT2D eigenvalue weighted by Gasteiger charge is -2.14. The van der Waals surface area contributed by atoms with E-state index in [0.29, 0.717) is 0 Å².